The maximum atomic E-state index is 5.94. The summed E-state index contributed by atoms with van der Waals surface area (Å²) in [6.45, 7) is 7.04. The molecule has 0 aliphatic carbocycles. The minimum Gasteiger partial charge on any atom is -0.439 e. The Morgan fingerprint density at radius 2 is 2.10 bits per heavy atom. The van der Waals surface area contributed by atoms with E-state index in [4.69, 9.17) is 16.3 Å². The van der Waals surface area contributed by atoms with Crippen molar-refractivity contribution < 1.29 is 4.74 Å². The number of aryl methyl sites for hydroxylation is 1. The molecule has 1 N–H and O–H groups in total. The molecule has 1 aromatic carbocycles. The highest BCUT2D eigenvalue weighted by Gasteiger charge is 2.05. The fourth-order valence-corrected chi connectivity index (χ4v) is 1.97. The molecule has 2 rings (SSSR count). The molecule has 106 valence electrons. The highest BCUT2D eigenvalue weighted by Crippen LogP contribution is 2.25. The van der Waals surface area contributed by atoms with Crippen LogP contribution < -0.4 is 10.1 Å². The summed E-state index contributed by atoms with van der Waals surface area (Å²) < 4.78 is 5.75. The van der Waals surface area contributed by atoms with Crippen LogP contribution in [0.3, 0.4) is 0 Å². The van der Waals surface area contributed by atoms with Crippen molar-refractivity contribution >= 4 is 11.6 Å². The van der Waals surface area contributed by atoms with Gasteiger partial charge in [-0.15, -0.1) is 0 Å². The minimum atomic E-state index is 0.456. The maximum Gasteiger partial charge on any atom is 0.222 e. The second kappa shape index (κ2) is 6.73. The van der Waals surface area contributed by atoms with E-state index in [1.54, 1.807) is 6.07 Å². The zero-order valence-corrected chi connectivity index (χ0v) is 12.7. The number of nitrogens with zero attached hydrogens (tertiary/aromatic N) is 1. The highest BCUT2D eigenvalue weighted by atomic mass is 35.5. The molecule has 0 bridgehead atoms. The summed E-state index contributed by atoms with van der Waals surface area (Å²) in [5.74, 6) is 1.31. The Bertz CT molecular complexity index is 584. The van der Waals surface area contributed by atoms with Crippen LogP contribution in [-0.2, 0) is 6.54 Å². The number of benzene rings is 1. The average molecular weight is 291 g/mol. The molecule has 0 atom stereocenters. The van der Waals surface area contributed by atoms with Gasteiger partial charge in [-0.25, -0.2) is 4.98 Å². The van der Waals surface area contributed by atoms with E-state index >= 15 is 0 Å². The van der Waals surface area contributed by atoms with E-state index in [9.17, 15) is 0 Å². The molecule has 0 saturated heterocycles. The van der Waals surface area contributed by atoms with Gasteiger partial charge in [0.25, 0.3) is 0 Å². The van der Waals surface area contributed by atoms with Gasteiger partial charge in [-0.3, -0.25) is 0 Å². The summed E-state index contributed by atoms with van der Waals surface area (Å²) in [6.07, 6.45) is 1.84. The zero-order valence-electron chi connectivity index (χ0n) is 12.0. The van der Waals surface area contributed by atoms with Gasteiger partial charge in [0.15, 0.2) is 0 Å². The van der Waals surface area contributed by atoms with Crippen molar-refractivity contribution in [3.63, 3.8) is 0 Å². The molecule has 0 aliphatic rings. The number of halogens is 1. The molecular weight excluding hydrogens is 272 g/mol. The molecule has 1 aromatic heterocycles. The number of hydrogen-bond donors (Lipinski definition) is 1. The lowest BCUT2D eigenvalue weighted by molar-refractivity contribution is 0.458. The van der Waals surface area contributed by atoms with Gasteiger partial charge >= 0.3 is 0 Å². The Kier molecular flexibility index (Phi) is 4.99. The Morgan fingerprint density at radius 1 is 1.30 bits per heavy atom. The number of hydrogen-bond acceptors (Lipinski definition) is 3. The van der Waals surface area contributed by atoms with E-state index in [1.807, 2.05) is 31.3 Å². The molecule has 20 heavy (non-hydrogen) atoms. The summed E-state index contributed by atoms with van der Waals surface area (Å²) >= 11 is 5.94. The van der Waals surface area contributed by atoms with Gasteiger partial charge in [0.2, 0.25) is 5.88 Å². The lowest BCUT2D eigenvalue weighted by Crippen LogP contribution is -2.21. The Labute approximate surface area is 124 Å². The van der Waals surface area contributed by atoms with Crippen molar-refractivity contribution in [2.24, 2.45) is 0 Å². The minimum absolute atomic E-state index is 0.456. The fraction of sp³-hybridized carbons (Fsp3) is 0.312. The van der Waals surface area contributed by atoms with Crippen LogP contribution in [0, 0.1) is 6.92 Å². The van der Waals surface area contributed by atoms with E-state index in [0.29, 0.717) is 22.7 Å². The van der Waals surface area contributed by atoms with Crippen molar-refractivity contribution in [3.8, 4) is 11.6 Å². The van der Waals surface area contributed by atoms with E-state index < -0.39 is 0 Å². The predicted molar refractivity (Wildman–Crippen MR) is 82.5 cm³/mol. The molecule has 0 saturated carbocycles. The standard InChI is InChI=1S/C16H19ClN2O/c1-11(2)18-9-13-7-12(3)16(19-10-13)20-15-6-4-5-14(17)8-15/h4-8,10-11,18H,9H2,1-3H3. The van der Waals surface area contributed by atoms with Crippen LogP contribution in [-0.4, -0.2) is 11.0 Å². The lowest BCUT2D eigenvalue weighted by atomic mass is 10.2. The molecule has 4 heteroatoms. The van der Waals surface area contributed by atoms with Crippen molar-refractivity contribution in [1.82, 2.24) is 10.3 Å². The zero-order chi connectivity index (χ0) is 14.5. The summed E-state index contributed by atoms with van der Waals surface area (Å²) in [4.78, 5) is 4.38. The summed E-state index contributed by atoms with van der Waals surface area (Å²) in [5, 5.41) is 4.02. The monoisotopic (exact) mass is 290 g/mol. The van der Waals surface area contributed by atoms with Crippen LogP contribution in [0.4, 0.5) is 0 Å². The second-order valence-corrected chi connectivity index (χ2v) is 5.50. The van der Waals surface area contributed by atoms with Gasteiger partial charge in [-0.1, -0.05) is 31.5 Å². The average Bonchev–Trinajstić information content (AvgIpc) is 2.39. The normalized spacial score (nSPS) is 10.8. The SMILES string of the molecule is Cc1cc(CNC(C)C)cnc1Oc1cccc(Cl)c1. The van der Waals surface area contributed by atoms with Gasteiger partial charge in [-0.05, 0) is 36.8 Å². The van der Waals surface area contributed by atoms with Crippen molar-refractivity contribution in [2.45, 2.75) is 33.4 Å². The third kappa shape index (κ3) is 4.22. The number of ether oxygens (including phenoxy) is 1. The van der Waals surface area contributed by atoms with E-state index in [0.717, 1.165) is 17.7 Å². The number of pyridine rings is 1. The first-order valence-electron chi connectivity index (χ1n) is 6.67. The molecule has 3 nitrogen and oxygen atoms in total. The van der Waals surface area contributed by atoms with Crippen LogP contribution in [0.5, 0.6) is 11.6 Å². The van der Waals surface area contributed by atoms with Gasteiger partial charge in [-0.2, -0.15) is 0 Å². The Hall–Kier alpha value is -1.58. The van der Waals surface area contributed by atoms with E-state index in [1.165, 1.54) is 0 Å². The predicted octanol–water partition coefficient (Wildman–Crippen LogP) is 4.33. The molecular formula is C16H19ClN2O. The van der Waals surface area contributed by atoms with Gasteiger partial charge in [0, 0.05) is 29.4 Å². The molecule has 0 spiro atoms. The number of nitrogens with one attached hydrogen (secondary N) is 1. The van der Waals surface area contributed by atoms with E-state index in [2.05, 4.69) is 30.2 Å². The fourth-order valence-electron chi connectivity index (χ4n) is 1.79. The maximum absolute atomic E-state index is 5.94. The Morgan fingerprint density at radius 3 is 2.75 bits per heavy atom. The summed E-state index contributed by atoms with van der Waals surface area (Å²) in [7, 11) is 0. The van der Waals surface area contributed by atoms with Crippen LogP contribution in [0.2, 0.25) is 5.02 Å². The Balaban J connectivity index is 2.09. The molecule has 0 amide bonds. The largest absolute Gasteiger partial charge is 0.439 e. The van der Waals surface area contributed by atoms with Gasteiger partial charge in [0.05, 0.1) is 0 Å². The van der Waals surface area contributed by atoms with Gasteiger partial charge < -0.3 is 10.1 Å². The van der Waals surface area contributed by atoms with Crippen LogP contribution >= 0.6 is 11.6 Å². The third-order valence-electron chi connectivity index (χ3n) is 2.81. The first-order chi connectivity index (χ1) is 9.54. The van der Waals surface area contributed by atoms with Crippen LogP contribution in [0.15, 0.2) is 36.5 Å². The topological polar surface area (TPSA) is 34.2 Å². The third-order valence-corrected chi connectivity index (χ3v) is 3.05. The summed E-state index contributed by atoms with van der Waals surface area (Å²) in [6, 6.07) is 9.85. The molecule has 0 fully saturated rings. The van der Waals surface area contributed by atoms with E-state index in [-0.39, 0.29) is 0 Å². The lowest BCUT2D eigenvalue weighted by Gasteiger charge is -2.11. The first-order valence-corrected chi connectivity index (χ1v) is 7.04. The quantitative estimate of drug-likeness (QED) is 0.890. The summed E-state index contributed by atoms with van der Waals surface area (Å²) in [5.41, 5.74) is 2.16. The van der Waals surface area contributed by atoms with Gasteiger partial charge in [0.1, 0.15) is 5.75 Å². The number of rotatable bonds is 5. The van der Waals surface area contributed by atoms with Crippen LogP contribution in [0.1, 0.15) is 25.0 Å². The number of aromatic nitrogens is 1. The van der Waals surface area contributed by atoms with Crippen LogP contribution in [0.25, 0.3) is 0 Å². The molecule has 2 aromatic rings. The molecule has 0 radical (unpaired) electrons. The van der Waals surface area contributed by atoms with Crippen molar-refractivity contribution in [1.29, 1.82) is 0 Å². The first kappa shape index (κ1) is 14.8. The highest BCUT2D eigenvalue weighted by molar-refractivity contribution is 6.30. The second-order valence-electron chi connectivity index (χ2n) is 5.06. The molecule has 0 aliphatic heterocycles. The van der Waals surface area contributed by atoms with Crippen molar-refractivity contribution in [3.05, 3.63) is 52.7 Å². The molecule has 1 heterocycles. The smallest absolute Gasteiger partial charge is 0.222 e. The van der Waals surface area contributed by atoms with Crippen molar-refractivity contribution in [2.75, 3.05) is 0 Å². The molecule has 0 unspecified atom stereocenters.